The maximum atomic E-state index is 11.9. The molecule has 22 heavy (non-hydrogen) atoms. The van der Waals surface area contributed by atoms with Gasteiger partial charge in [0.25, 0.3) is 5.69 Å². The summed E-state index contributed by atoms with van der Waals surface area (Å²) in [5.41, 5.74) is 3.20. The molecule has 0 heterocycles. The largest absolute Gasteiger partial charge is 0.334 e. The van der Waals surface area contributed by atoms with Crippen molar-refractivity contribution < 1.29 is 9.72 Å². The molecule has 0 bridgehead atoms. The highest BCUT2D eigenvalue weighted by Crippen LogP contribution is 2.21. The zero-order chi connectivity index (χ0) is 16.1. The average Bonchev–Trinajstić information content (AvgIpc) is 2.46. The number of carbonyl (C=O) groups excluding carboxylic acids is 1. The lowest BCUT2D eigenvalue weighted by atomic mass is 10.1. The molecule has 2 aromatic rings. The van der Waals surface area contributed by atoms with Gasteiger partial charge in [0.15, 0.2) is 0 Å². The number of nitrogens with zero attached hydrogens (tertiary/aromatic N) is 1. The zero-order valence-electron chi connectivity index (χ0n) is 12.4. The van der Waals surface area contributed by atoms with E-state index in [1.165, 1.54) is 12.1 Å². The summed E-state index contributed by atoms with van der Waals surface area (Å²) in [5, 5.41) is 16.2. The van der Waals surface area contributed by atoms with Crippen molar-refractivity contribution in [2.45, 2.75) is 20.4 Å². The summed E-state index contributed by atoms with van der Waals surface area (Å²) in [4.78, 5) is 22.2. The van der Waals surface area contributed by atoms with Crippen molar-refractivity contribution in [1.29, 1.82) is 0 Å². The maximum absolute atomic E-state index is 11.9. The lowest BCUT2D eigenvalue weighted by Crippen LogP contribution is -2.28. The summed E-state index contributed by atoms with van der Waals surface area (Å²) >= 11 is 0. The lowest BCUT2D eigenvalue weighted by molar-refractivity contribution is -0.385. The predicted molar refractivity (Wildman–Crippen MR) is 84.9 cm³/mol. The minimum atomic E-state index is -0.447. The van der Waals surface area contributed by atoms with E-state index in [0.29, 0.717) is 17.8 Å². The van der Waals surface area contributed by atoms with Crippen LogP contribution in [0.25, 0.3) is 0 Å². The van der Waals surface area contributed by atoms with Gasteiger partial charge in [-0.05, 0) is 37.1 Å². The molecular weight excluding hydrogens is 282 g/mol. The number of amides is 2. The highest BCUT2D eigenvalue weighted by molar-refractivity contribution is 5.89. The van der Waals surface area contributed by atoms with Crippen LogP contribution >= 0.6 is 0 Å². The molecule has 0 saturated heterocycles. The number of benzene rings is 2. The minimum Gasteiger partial charge on any atom is -0.334 e. The molecule has 0 aliphatic rings. The van der Waals surface area contributed by atoms with Crippen LogP contribution in [0.5, 0.6) is 0 Å². The monoisotopic (exact) mass is 299 g/mol. The smallest absolute Gasteiger partial charge is 0.319 e. The van der Waals surface area contributed by atoms with Crippen molar-refractivity contribution in [3.63, 3.8) is 0 Å². The first-order valence-electron chi connectivity index (χ1n) is 6.82. The Morgan fingerprint density at radius 1 is 1.14 bits per heavy atom. The SMILES string of the molecule is Cc1ccccc1CNC(=O)Nc1ccc([N+](=O)[O-])c(C)c1. The Morgan fingerprint density at radius 2 is 1.86 bits per heavy atom. The Morgan fingerprint density at radius 3 is 2.50 bits per heavy atom. The van der Waals surface area contributed by atoms with E-state index in [9.17, 15) is 14.9 Å². The van der Waals surface area contributed by atoms with Crippen LogP contribution in [0.1, 0.15) is 16.7 Å². The molecule has 0 aliphatic heterocycles. The fourth-order valence-corrected chi connectivity index (χ4v) is 2.10. The Hall–Kier alpha value is -2.89. The maximum Gasteiger partial charge on any atom is 0.319 e. The van der Waals surface area contributed by atoms with Gasteiger partial charge in [-0.1, -0.05) is 24.3 Å². The highest BCUT2D eigenvalue weighted by atomic mass is 16.6. The summed E-state index contributed by atoms with van der Waals surface area (Å²) in [6.45, 7) is 4.04. The van der Waals surface area contributed by atoms with Crippen molar-refractivity contribution in [2.24, 2.45) is 0 Å². The Labute approximate surface area is 128 Å². The first-order chi connectivity index (χ1) is 10.5. The second-order valence-corrected chi connectivity index (χ2v) is 4.99. The van der Waals surface area contributed by atoms with Gasteiger partial charge in [-0.15, -0.1) is 0 Å². The van der Waals surface area contributed by atoms with Gasteiger partial charge in [0.2, 0.25) is 0 Å². The number of nitrogens with one attached hydrogen (secondary N) is 2. The summed E-state index contributed by atoms with van der Waals surface area (Å²) in [7, 11) is 0. The topological polar surface area (TPSA) is 84.3 Å². The molecule has 0 unspecified atom stereocenters. The molecule has 2 aromatic carbocycles. The summed E-state index contributed by atoms with van der Waals surface area (Å²) in [5.74, 6) is 0. The van der Waals surface area contributed by atoms with Crippen LogP contribution in [0.3, 0.4) is 0 Å². The van der Waals surface area contributed by atoms with Gasteiger partial charge < -0.3 is 10.6 Å². The molecule has 114 valence electrons. The normalized spacial score (nSPS) is 10.1. The number of rotatable bonds is 4. The molecule has 0 atom stereocenters. The van der Waals surface area contributed by atoms with Gasteiger partial charge in [-0.2, -0.15) is 0 Å². The number of nitro benzene ring substituents is 1. The number of hydrogen-bond donors (Lipinski definition) is 2. The fourth-order valence-electron chi connectivity index (χ4n) is 2.10. The first-order valence-corrected chi connectivity index (χ1v) is 6.82. The average molecular weight is 299 g/mol. The quantitative estimate of drug-likeness (QED) is 0.669. The van der Waals surface area contributed by atoms with Gasteiger partial charge in [0.05, 0.1) is 4.92 Å². The molecule has 2 rings (SSSR count). The standard InChI is InChI=1S/C16H17N3O3/c1-11-5-3-4-6-13(11)10-17-16(20)18-14-7-8-15(19(21)22)12(2)9-14/h3-9H,10H2,1-2H3,(H2,17,18,20). The van der Waals surface area contributed by atoms with Gasteiger partial charge in [-0.3, -0.25) is 10.1 Å². The van der Waals surface area contributed by atoms with Crippen LogP contribution in [0.2, 0.25) is 0 Å². The number of nitro groups is 1. The number of urea groups is 1. The zero-order valence-corrected chi connectivity index (χ0v) is 12.4. The predicted octanol–water partition coefficient (Wildman–Crippen LogP) is 3.53. The number of carbonyl (C=O) groups is 1. The van der Waals surface area contributed by atoms with E-state index in [0.717, 1.165) is 11.1 Å². The van der Waals surface area contributed by atoms with Gasteiger partial charge in [0, 0.05) is 23.9 Å². The molecule has 0 saturated carbocycles. The van der Waals surface area contributed by atoms with Gasteiger partial charge in [-0.25, -0.2) is 4.79 Å². The molecule has 2 N–H and O–H groups in total. The van der Waals surface area contributed by atoms with Crippen molar-refractivity contribution >= 4 is 17.4 Å². The molecular formula is C16H17N3O3. The van der Waals surface area contributed by atoms with Crippen LogP contribution in [-0.2, 0) is 6.54 Å². The second-order valence-electron chi connectivity index (χ2n) is 4.99. The van der Waals surface area contributed by atoms with E-state index >= 15 is 0 Å². The third-order valence-corrected chi connectivity index (χ3v) is 3.35. The van der Waals surface area contributed by atoms with Crippen molar-refractivity contribution in [3.8, 4) is 0 Å². The van der Waals surface area contributed by atoms with Crippen molar-refractivity contribution in [1.82, 2.24) is 5.32 Å². The first kappa shape index (κ1) is 15.5. The molecule has 6 heteroatoms. The van der Waals surface area contributed by atoms with E-state index < -0.39 is 4.92 Å². The van der Waals surface area contributed by atoms with Crippen LogP contribution in [0.4, 0.5) is 16.2 Å². The molecule has 0 fully saturated rings. The number of aryl methyl sites for hydroxylation is 2. The van der Waals surface area contributed by atoms with E-state index in [-0.39, 0.29) is 11.7 Å². The van der Waals surface area contributed by atoms with Crippen LogP contribution in [0, 0.1) is 24.0 Å². The van der Waals surface area contributed by atoms with E-state index in [1.807, 2.05) is 31.2 Å². The van der Waals surface area contributed by atoms with Crippen LogP contribution in [0.15, 0.2) is 42.5 Å². The molecule has 6 nitrogen and oxygen atoms in total. The molecule has 0 aromatic heterocycles. The lowest BCUT2D eigenvalue weighted by Gasteiger charge is -2.10. The minimum absolute atomic E-state index is 0.0332. The Kier molecular flexibility index (Phi) is 4.73. The van der Waals surface area contributed by atoms with Gasteiger partial charge >= 0.3 is 6.03 Å². The van der Waals surface area contributed by atoms with Gasteiger partial charge in [0.1, 0.15) is 0 Å². The van der Waals surface area contributed by atoms with Crippen LogP contribution in [-0.4, -0.2) is 11.0 Å². The van der Waals surface area contributed by atoms with E-state index in [1.54, 1.807) is 13.0 Å². The molecule has 0 spiro atoms. The highest BCUT2D eigenvalue weighted by Gasteiger charge is 2.11. The number of hydrogen-bond acceptors (Lipinski definition) is 3. The van der Waals surface area contributed by atoms with Crippen LogP contribution < -0.4 is 10.6 Å². The third kappa shape index (κ3) is 3.82. The summed E-state index contributed by atoms with van der Waals surface area (Å²) in [6.07, 6.45) is 0. The van der Waals surface area contributed by atoms with E-state index in [4.69, 9.17) is 0 Å². The molecule has 2 amide bonds. The summed E-state index contributed by atoms with van der Waals surface area (Å²) in [6, 6.07) is 11.9. The fraction of sp³-hybridized carbons (Fsp3) is 0.188. The molecule has 0 radical (unpaired) electrons. The second kappa shape index (κ2) is 6.71. The van der Waals surface area contributed by atoms with E-state index in [2.05, 4.69) is 10.6 Å². The van der Waals surface area contributed by atoms with Crippen molar-refractivity contribution in [3.05, 3.63) is 69.3 Å². The Balaban J connectivity index is 1.96. The summed E-state index contributed by atoms with van der Waals surface area (Å²) < 4.78 is 0. The molecule has 0 aliphatic carbocycles. The van der Waals surface area contributed by atoms with Crippen molar-refractivity contribution in [2.75, 3.05) is 5.32 Å². The third-order valence-electron chi connectivity index (χ3n) is 3.35. The number of anilines is 1. The Bertz CT molecular complexity index is 714.